The summed E-state index contributed by atoms with van der Waals surface area (Å²) < 4.78 is 17.4. The molecule has 7 heteroatoms. The number of amides is 2. The first-order valence-electron chi connectivity index (χ1n) is 12.3. The highest BCUT2D eigenvalue weighted by molar-refractivity contribution is 5.95. The summed E-state index contributed by atoms with van der Waals surface area (Å²) in [4.78, 5) is 25.4. The average Bonchev–Trinajstić information content (AvgIpc) is 2.83. The maximum Gasteiger partial charge on any atom is 0.338 e. The van der Waals surface area contributed by atoms with Crippen molar-refractivity contribution < 1.29 is 23.8 Å². The second kappa shape index (κ2) is 12.3. The topological polar surface area (TPSA) is 85.9 Å². The Morgan fingerprint density at radius 2 is 1.77 bits per heavy atom. The molecule has 0 saturated carbocycles. The number of carbonyl (C=O) groups is 2. The molecule has 1 aliphatic rings. The molecule has 1 unspecified atom stereocenters. The van der Waals surface area contributed by atoms with Gasteiger partial charge in [-0.2, -0.15) is 0 Å². The molecule has 0 saturated heterocycles. The molecule has 0 aromatic heterocycles. The Bertz CT molecular complexity index is 1090. The fourth-order valence-electron chi connectivity index (χ4n) is 4.07. The van der Waals surface area contributed by atoms with Crippen molar-refractivity contribution in [3.8, 4) is 11.5 Å². The first kappa shape index (κ1) is 26.1. The van der Waals surface area contributed by atoms with Crippen LogP contribution in [-0.2, 0) is 16.1 Å². The molecule has 1 aliphatic heterocycles. The molecule has 2 amide bonds. The largest absolute Gasteiger partial charge is 0.490 e. The van der Waals surface area contributed by atoms with Crippen LogP contribution in [0.2, 0.25) is 0 Å². The zero-order valence-corrected chi connectivity index (χ0v) is 21.3. The summed E-state index contributed by atoms with van der Waals surface area (Å²) in [5.74, 6) is 0.718. The second-order valence-corrected chi connectivity index (χ2v) is 8.61. The van der Waals surface area contributed by atoms with Crippen LogP contribution < -0.4 is 20.1 Å². The van der Waals surface area contributed by atoms with Crippen molar-refractivity contribution >= 4 is 12.0 Å². The van der Waals surface area contributed by atoms with Gasteiger partial charge in [0.25, 0.3) is 0 Å². The summed E-state index contributed by atoms with van der Waals surface area (Å²) in [6.07, 6.45) is 2.37. The van der Waals surface area contributed by atoms with E-state index in [0.717, 1.165) is 29.5 Å². The van der Waals surface area contributed by atoms with Gasteiger partial charge in [-0.1, -0.05) is 43.2 Å². The van der Waals surface area contributed by atoms with E-state index >= 15 is 0 Å². The number of rotatable bonds is 11. The van der Waals surface area contributed by atoms with Gasteiger partial charge in [-0.05, 0) is 69.4 Å². The molecule has 1 heterocycles. The van der Waals surface area contributed by atoms with E-state index in [1.54, 1.807) is 6.92 Å². The van der Waals surface area contributed by atoms with Gasteiger partial charge < -0.3 is 24.8 Å². The summed E-state index contributed by atoms with van der Waals surface area (Å²) in [5.41, 5.74) is 5.19. The zero-order chi connectivity index (χ0) is 25.4. The van der Waals surface area contributed by atoms with Gasteiger partial charge in [0.15, 0.2) is 11.5 Å². The summed E-state index contributed by atoms with van der Waals surface area (Å²) in [5, 5.41) is 5.70. The van der Waals surface area contributed by atoms with E-state index in [9.17, 15) is 9.59 Å². The first-order valence-corrected chi connectivity index (χ1v) is 12.3. The van der Waals surface area contributed by atoms with Crippen LogP contribution in [-0.4, -0.2) is 25.2 Å². The fraction of sp³-hybridized carbons (Fsp3) is 0.429. The maximum atomic E-state index is 12.9. The molecule has 0 spiro atoms. The third-order valence-corrected chi connectivity index (χ3v) is 5.92. The Labute approximate surface area is 207 Å². The normalized spacial score (nSPS) is 15.3. The van der Waals surface area contributed by atoms with Gasteiger partial charge in [-0.3, -0.25) is 0 Å². The number of aryl methyl sites for hydroxylation is 2. The van der Waals surface area contributed by atoms with Crippen LogP contribution in [0.15, 0.2) is 47.7 Å². The van der Waals surface area contributed by atoms with Crippen molar-refractivity contribution in [3.05, 3.63) is 69.9 Å². The van der Waals surface area contributed by atoms with Gasteiger partial charge in [-0.15, -0.1) is 0 Å². The lowest BCUT2D eigenvalue weighted by Gasteiger charge is -2.30. The molecule has 2 aromatic rings. The van der Waals surface area contributed by atoms with Gasteiger partial charge in [0.05, 0.1) is 24.8 Å². The smallest absolute Gasteiger partial charge is 0.338 e. The van der Waals surface area contributed by atoms with Crippen LogP contribution in [0, 0.1) is 13.8 Å². The van der Waals surface area contributed by atoms with Gasteiger partial charge >= 0.3 is 12.0 Å². The van der Waals surface area contributed by atoms with E-state index in [2.05, 4.69) is 49.6 Å². The summed E-state index contributed by atoms with van der Waals surface area (Å²) in [6, 6.07) is 10.8. The number of hydrogen-bond acceptors (Lipinski definition) is 5. The van der Waals surface area contributed by atoms with Crippen molar-refractivity contribution in [2.24, 2.45) is 0 Å². The number of urea groups is 1. The lowest BCUT2D eigenvalue weighted by molar-refractivity contribution is -0.139. The molecule has 0 radical (unpaired) electrons. The average molecular weight is 481 g/mol. The highest BCUT2D eigenvalue weighted by atomic mass is 16.5. The number of hydrogen-bond donors (Lipinski definition) is 2. The van der Waals surface area contributed by atoms with E-state index < -0.39 is 12.0 Å². The Morgan fingerprint density at radius 3 is 2.49 bits per heavy atom. The van der Waals surface area contributed by atoms with E-state index in [-0.39, 0.29) is 12.6 Å². The van der Waals surface area contributed by atoms with E-state index in [4.69, 9.17) is 14.2 Å². The quantitative estimate of drug-likeness (QED) is 0.406. The molecule has 0 fully saturated rings. The van der Waals surface area contributed by atoms with Crippen LogP contribution in [0.1, 0.15) is 68.3 Å². The molecule has 0 bridgehead atoms. The van der Waals surface area contributed by atoms with Crippen LogP contribution in [0.25, 0.3) is 0 Å². The van der Waals surface area contributed by atoms with Crippen molar-refractivity contribution in [2.75, 3.05) is 13.2 Å². The van der Waals surface area contributed by atoms with Crippen LogP contribution in [0.3, 0.4) is 0 Å². The Kier molecular flexibility index (Phi) is 9.18. The lowest BCUT2D eigenvalue weighted by atomic mass is 9.93. The number of benzene rings is 2. The zero-order valence-electron chi connectivity index (χ0n) is 21.3. The number of nitrogens with one attached hydrogen (secondary N) is 2. The predicted molar refractivity (Wildman–Crippen MR) is 135 cm³/mol. The van der Waals surface area contributed by atoms with Crippen molar-refractivity contribution in [3.63, 3.8) is 0 Å². The number of ether oxygens (including phenoxy) is 3. The molecular formula is C28H36N2O5. The second-order valence-electron chi connectivity index (χ2n) is 8.61. The lowest BCUT2D eigenvalue weighted by Crippen LogP contribution is -2.46. The fourth-order valence-corrected chi connectivity index (χ4v) is 4.07. The van der Waals surface area contributed by atoms with Gasteiger partial charge in [-0.25, -0.2) is 9.59 Å². The van der Waals surface area contributed by atoms with Crippen molar-refractivity contribution in [1.82, 2.24) is 10.6 Å². The molecule has 7 nitrogen and oxygen atoms in total. The highest BCUT2D eigenvalue weighted by Gasteiger charge is 2.34. The number of carbonyl (C=O) groups excluding carboxylic acids is 2. The standard InChI is InChI=1S/C28H36N2O5/c1-6-9-10-22-25(27(31)34-8-3)26(30-28(32)29-22)20-13-14-23(24(16-20)33-7-2)35-17-21-15-18(4)11-12-19(21)5/h11-16,26H,6-10,17H2,1-5H3,(H2,29,30,32). The monoisotopic (exact) mass is 480 g/mol. The van der Waals surface area contributed by atoms with E-state index in [1.807, 2.05) is 25.1 Å². The molecule has 0 aliphatic carbocycles. The van der Waals surface area contributed by atoms with Gasteiger partial charge in [0.2, 0.25) is 0 Å². The van der Waals surface area contributed by atoms with Gasteiger partial charge in [0, 0.05) is 5.70 Å². The highest BCUT2D eigenvalue weighted by Crippen LogP contribution is 2.36. The van der Waals surface area contributed by atoms with E-state index in [1.165, 1.54) is 5.56 Å². The number of allylic oxidation sites excluding steroid dienone is 1. The van der Waals surface area contributed by atoms with Gasteiger partial charge in [0.1, 0.15) is 6.61 Å². The maximum absolute atomic E-state index is 12.9. The molecule has 188 valence electrons. The van der Waals surface area contributed by atoms with Crippen LogP contribution >= 0.6 is 0 Å². The minimum Gasteiger partial charge on any atom is -0.490 e. The molecule has 1 atom stereocenters. The Hall–Kier alpha value is -3.48. The van der Waals surface area contributed by atoms with Crippen LogP contribution in [0.4, 0.5) is 4.79 Å². The summed E-state index contributed by atoms with van der Waals surface area (Å²) in [6.45, 7) is 11.0. The summed E-state index contributed by atoms with van der Waals surface area (Å²) >= 11 is 0. The molecule has 2 aromatic carbocycles. The Morgan fingerprint density at radius 1 is 0.971 bits per heavy atom. The predicted octanol–water partition coefficient (Wildman–Crippen LogP) is 5.64. The summed E-state index contributed by atoms with van der Waals surface area (Å²) in [7, 11) is 0. The molecular weight excluding hydrogens is 444 g/mol. The first-order chi connectivity index (χ1) is 16.9. The van der Waals surface area contributed by atoms with Crippen molar-refractivity contribution in [2.45, 2.75) is 66.5 Å². The van der Waals surface area contributed by atoms with Crippen LogP contribution in [0.5, 0.6) is 11.5 Å². The third kappa shape index (κ3) is 6.56. The minimum atomic E-state index is -0.651. The van der Waals surface area contributed by atoms with Crippen molar-refractivity contribution in [1.29, 1.82) is 0 Å². The molecule has 35 heavy (non-hydrogen) atoms. The SMILES string of the molecule is CCCCC1=C(C(=O)OCC)C(c2ccc(OCc3cc(C)ccc3C)c(OCC)c2)NC(=O)N1. The minimum absolute atomic E-state index is 0.249. The number of unbranched alkanes of at least 4 members (excludes halogenated alkanes) is 1. The number of esters is 1. The third-order valence-electron chi connectivity index (χ3n) is 5.92. The molecule has 2 N–H and O–H groups in total. The van der Waals surface area contributed by atoms with E-state index in [0.29, 0.717) is 42.4 Å². The Balaban J connectivity index is 1.95. The molecule has 3 rings (SSSR count).